The average Bonchev–Trinajstić information content (AvgIpc) is 3.45. The van der Waals surface area contributed by atoms with Crippen LogP contribution in [0, 0.1) is 5.92 Å². The highest BCUT2D eigenvalue weighted by atomic mass is 32.1. The number of allylic oxidation sites excluding steroid dienone is 3. The number of rotatable bonds is 9. The van der Waals surface area contributed by atoms with Gasteiger partial charge in [0.2, 0.25) is 17.6 Å². The molecule has 1 unspecified atom stereocenters. The molecule has 1 atom stereocenters. The van der Waals surface area contributed by atoms with Gasteiger partial charge in [-0.1, -0.05) is 29.5 Å². The van der Waals surface area contributed by atoms with Crippen molar-refractivity contribution in [1.29, 1.82) is 0 Å². The van der Waals surface area contributed by atoms with Crippen molar-refractivity contribution in [2.24, 2.45) is 16.1 Å². The van der Waals surface area contributed by atoms with Gasteiger partial charge in [-0.3, -0.25) is 9.59 Å². The predicted octanol–water partition coefficient (Wildman–Crippen LogP) is 2.77. The van der Waals surface area contributed by atoms with Crippen molar-refractivity contribution in [3.05, 3.63) is 58.4 Å². The molecule has 0 saturated heterocycles. The number of nitrogens with one attached hydrogen (secondary N) is 2. The molecule has 1 aliphatic heterocycles. The molecule has 1 aliphatic carbocycles. The van der Waals surface area contributed by atoms with Crippen molar-refractivity contribution in [3.8, 4) is 11.4 Å². The van der Waals surface area contributed by atoms with E-state index in [0.717, 1.165) is 11.1 Å². The molecule has 0 radical (unpaired) electrons. The minimum atomic E-state index is -0.361. The molecule has 2 amide bonds. The lowest BCUT2D eigenvalue weighted by atomic mass is 9.93. The van der Waals surface area contributed by atoms with Crippen molar-refractivity contribution < 1.29 is 14.1 Å². The zero-order valence-electron chi connectivity index (χ0n) is 16.1. The maximum atomic E-state index is 12.0. The number of fused-ring (bicyclic) bond motifs is 1. The van der Waals surface area contributed by atoms with Crippen LogP contribution in [0.4, 0.5) is 0 Å². The van der Waals surface area contributed by atoms with Crippen LogP contribution in [0.2, 0.25) is 0 Å². The second-order valence-electron chi connectivity index (χ2n) is 6.72. The summed E-state index contributed by atoms with van der Waals surface area (Å²) in [4.78, 5) is 28.1. The maximum Gasteiger partial charge on any atom is 0.276 e. The van der Waals surface area contributed by atoms with Gasteiger partial charge in [-0.15, -0.1) is 10.2 Å². The van der Waals surface area contributed by atoms with E-state index >= 15 is 0 Å². The molecule has 154 valence electrons. The molecule has 10 heteroatoms. The third-order valence-electron chi connectivity index (χ3n) is 4.60. The number of nitrogens with zero attached hydrogens (tertiary/aromatic N) is 4. The first-order valence-corrected chi connectivity index (χ1v) is 10.6. The molecule has 9 nitrogen and oxygen atoms in total. The highest BCUT2D eigenvalue weighted by Gasteiger charge is 2.26. The van der Waals surface area contributed by atoms with Crippen molar-refractivity contribution in [2.45, 2.75) is 19.3 Å². The summed E-state index contributed by atoms with van der Waals surface area (Å²) in [6, 6.07) is 1.92. The van der Waals surface area contributed by atoms with Crippen molar-refractivity contribution in [1.82, 2.24) is 20.8 Å². The van der Waals surface area contributed by atoms with E-state index in [2.05, 4.69) is 31.0 Å². The van der Waals surface area contributed by atoms with Gasteiger partial charge in [0.15, 0.2) is 5.82 Å². The SMILES string of the molecule is O=C(CCc1nc(-c2ccsc2)no1)NCCCNC1=C2C=CC=CC2C(=O)N=N1. The average molecular weight is 424 g/mol. The first kappa shape index (κ1) is 19.9. The monoisotopic (exact) mass is 424 g/mol. The predicted molar refractivity (Wildman–Crippen MR) is 110 cm³/mol. The summed E-state index contributed by atoms with van der Waals surface area (Å²) in [5.41, 5.74) is 1.74. The van der Waals surface area contributed by atoms with E-state index in [1.807, 2.05) is 41.1 Å². The summed E-state index contributed by atoms with van der Waals surface area (Å²) in [5, 5.41) is 21.5. The first-order chi connectivity index (χ1) is 14.7. The number of hydrogen-bond acceptors (Lipinski definition) is 8. The molecule has 0 bridgehead atoms. The summed E-state index contributed by atoms with van der Waals surface area (Å²) < 4.78 is 5.19. The highest BCUT2D eigenvalue weighted by Crippen LogP contribution is 2.27. The Morgan fingerprint density at radius 3 is 3.03 bits per heavy atom. The lowest BCUT2D eigenvalue weighted by Gasteiger charge is -2.20. The quantitative estimate of drug-likeness (QED) is 0.597. The van der Waals surface area contributed by atoms with Gasteiger partial charge >= 0.3 is 0 Å². The molecule has 2 aliphatic rings. The number of amides is 2. The Morgan fingerprint density at radius 1 is 1.23 bits per heavy atom. The molecule has 2 N–H and O–H groups in total. The molecule has 30 heavy (non-hydrogen) atoms. The fourth-order valence-electron chi connectivity index (χ4n) is 3.04. The first-order valence-electron chi connectivity index (χ1n) is 9.61. The molecule has 0 fully saturated rings. The minimum Gasteiger partial charge on any atom is -0.368 e. The van der Waals surface area contributed by atoms with Crippen molar-refractivity contribution in [2.75, 3.05) is 13.1 Å². The van der Waals surface area contributed by atoms with E-state index in [9.17, 15) is 9.59 Å². The van der Waals surface area contributed by atoms with E-state index in [4.69, 9.17) is 4.52 Å². The smallest absolute Gasteiger partial charge is 0.276 e. The molecule has 0 saturated carbocycles. The molecule has 0 aromatic carbocycles. The Labute approximate surface area is 176 Å². The van der Waals surface area contributed by atoms with Crippen molar-refractivity contribution >= 4 is 23.2 Å². The normalized spacial score (nSPS) is 17.3. The van der Waals surface area contributed by atoms with Crippen LogP contribution in [-0.4, -0.2) is 35.0 Å². The highest BCUT2D eigenvalue weighted by molar-refractivity contribution is 7.08. The van der Waals surface area contributed by atoms with E-state index < -0.39 is 0 Å². The second kappa shape index (κ2) is 9.40. The van der Waals surface area contributed by atoms with Crippen LogP contribution in [0.1, 0.15) is 18.7 Å². The Hall–Kier alpha value is -3.40. The van der Waals surface area contributed by atoms with E-state index in [1.54, 1.807) is 11.3 Å². The van der Waals surface area contributed by atoms with E-state index in [0.29, 0.717) is 43.5 Å². The summed E-state index contributed by atoms with van der Waals surface area (Å²) in [6.45, 7) is 1.12. The van der Waals surface area contributed by atoms with Crippen molar-refractivity contribution in [3.63, 3.8) is 0 Å². The number of hydrogen-bond donors (Lipinski definition) is 2. The number of azo groups is 1. The lowest BCUT2D eigenvalue weighted by Crippen LogP contribution is -2.28. The second-order valence-corrected chi connectivity index (χ2v) is 7.50. The Bertz CT molecular complexity index is 1030. The standard InChI is InChI=1S/C20H20N6O3S/c27-16(6-7-17-23-18(26-29-17)13-8-11-30-12-13)21-9-3-10-22-19-14-4-1-2-5-15(14)20(28)25-24-19/h1-2,4-5,8,11-12,15,22H,3,6-7,9-10H2,(H,21,27). The van der Waals surface area contributed by atoms with E-state index in [-0.39, 0.29) is 24.2 Å². The number of thiophene rings is 1. The third-order valence-corrected chi connectivity index (χ3v) is 5.28. The molecular formula is C20H20N6O3S. The zero-order chi connectivity index (χ0) is 20.8. The van der Waals surface area contributed by atoms with E-state index in [1.165, 1.54) is 0 Å². The largest absolute Gasteiger partial charge is 0.368 e. The van der Waals surface area contributed by atoms with Gasteiger partial charge in [0.05, 0.1) is 5.92 Å². The third kappa shape index (κ3) is 4.77. The van der Waals surface area contributed by atoms with Crippen LogP contribution in [0.5, 0.6) is 0 Å². The Balaban J connectivity index is 1.15. The topological polar surface area (TPSA) is 122 Å². The van der Waals surface area contributed by atoms with Gasteiger partial charge < -0.3 is 15.2 Å². The molecule has 2 aromatic heterocycles. The van der Waals surface area contributed by atoms with Crippen LogP contribution in [0.3, 0.4) is 0 Å². The summed E-state index contributed by atoms with van der Waals surface area (Å²) in [6.07, 6.45) is 8.76. The van der Waals surface area contributed by atoms with Crippen LogP contribution in [0.25, 0.3) is 11.4 Å². The number of carbonyl (C=O) groups excluding carboxylic acids is 2. The molecule has 3 heterocycles. The lowest BCUT2D eigenvalue weighted by molar-refractivity contribution is -0.121. The molecule has 4 rings (SSSR count). The van der Waals surface area contributed by atoms with Gasteiger partial charge in [-0.05, 0) is 17.9 Å². The number of carbonyl (C=O) groups is 2. The number of aromatic nitrogens is 2. The van der Waals surface area contributed by atoms with Crippen LogP contribution in [-0.2, 0) is 16.0 Å². The van der Waals surface area contributed by atoms with Crippen LogP contribution < -0.4 is 10.6 Å². The fraction of sp³-hybridized carbons (Fsp3) is 0.300. The molecular weight excluding hydrogens is 404 g/mol. The van der Waals surface area contributed by atoms with Gasteiger partial charge in [0.1, 0.15) is 0 Å². The fourth-order valence-corrected chi connectivity index (χ4v) is 3.67. The van der Waals surface area contributed by atoms with Gasteiger partial charge in [-0.2, -0.15) is 16.3 Å². The summed E-state index contributed by atoms with van der Waals surface area (Å²) >= 11 is 1.56. The Kier molecular flexibility index (Phi) is 6.23. The maximum absolute atomic E-state index is 12.0. The zero-order valence-corrected chi connectivity index (χ0v) is 16.9. The minimum absolute atomic E-state index is 0.0734. The Morgan fingerprint density at radius 2 is 2.17 bits per heavy atom. The van der Waals surface area contributed by atoms with Crippen LogP contribution in [0.15, 0.2) is 67.3 Å². The van der Waals surface area contributed by atoms with Gasteiger partial charge in [0, 0.05) is 42.4 Å². The molecule has 0 spiro atoms. The van der Waals surface area contributed by atoms with Crippen LogP contribution >= 0.6 is 11.3 Å². The van der Waals surface area contributed by atoms with Gasteiger partial charge in [-0.25, -0.2) is 0 Å². The summed E-state index contributed by atoms with van der Waals surface area (Å²) in [7, 11) is 0. The number of aryl methyl sites for hydroxylation is 1. The summed E-state index contributed by atoms with van der Waals surface area (Å²) in [5.74, 6) is 0.898. The molecule has 2 aromatic rings. The van der Waals surface area contributed by atoms with Gasteiger partial charge in [0.25, 0.3) is 5.91 Å².